The fourth-order valence-corrected chi connectivity index (χ4v) is 8.36. The van der Waals surface area contributed by atoms with E-state index in [1.54, 1.807) is 6.08 Å². The van der Waals surface area contributed by atoms with E-state index in [1.807, 2.05) is 49.4 Å². The molecule has 0 aliphatic heterocycles. The summed E-state index contributed by atoms with van der Waals surface area (Å²) < 4.78 is 6.20. The van der Waals surface area contributed by atoms with Gasteiger partial charge >= 0.3 is 12.0 Å². The normalized spacial score (nSPS) is 37.1. The number of carbonyl (C=O) groups excluding carboxylic acids is 3. The van der Waals surface area contributed by atoms with Crippen LogP contribution in [-0.2, 0) is 14.3 Å². The van der Waals surface area contributed by atoms with Crippen LogP contribution >= 0.6 is 0 Å². The Kier molecular flexibility index (Phi) is 7.32. The molecule has 2 aromatic carbocycles. The molecule has 5 rings (SSSR count). The molecule has 0 heterocycles. The molecule has 3 saturated carbocycles. The zero-order chi connectivity index (χ0) is 28.9. The van der Waals surface area contributed by atoms with E-state index >= 15 is 0 Å². The van der Waals surface area contributed by atoms with Crippen molar-refractivity contribution in [1.82, 2.24) is 5.32 Å². The van der Waals surface area contributed by atoms with Crippen LogP contribution in [0.2, 0.25) is 0 Å². The van der Waals surface area contributed by atoms with Gasteiger partial charge in [0.1, 0.15) is 18.4 Å². The van der Waals surface area contributed by atoms with Crippen molar-refractivity contribution in [2.45, 2.75) is 72.0 Å². The van der Waals surface area contributed by atoms with Gasteiger partial charge in [0.25, 0.3) is 0 Å². The summed E-state index contributed by atoms with van der Waals surface area (Å²) in [5.41, 5.74) is -0.978. The Balaban J connectivity index is 1.37. The number of Topliss-reactive ketones (excluding diaryl/α,β-unsaturated/α-hetero) is 1. The number of fused-ring (bicyclic) bond motifs is 1. The van der Waals surface area contributed by atoms with Crippen molar-refractivity contribution < 1.29 is 24.2 Å². The third-order valence-corrected chi connectivity index (χ3v) is 11.0. The molecule has 0 aromatic heterocycles. The minimum absolute atomic E-state index is 0.0881. The second kappa shape index (κ2) is 10.3. The van der Waals surface area contributed by atoms with Crippen LogP contribution in [0.25, 0.3) is 10.8 Å². The summed E-state index contributed by atoms with van der Waals surface area (Å²) in [7, 11) is 0. The number of hydrogen-bond acceptors (Lipinski definition) is 5. The quantitative estimate of drug-likeness (QED) is 0.322. The maximum Gasteiger partial charge on any atom is 0.325 e. The Morgan fingerprint density at radius 1 is 1.12 bits per heavy atom. The van der Waals surface area contributed by atoms with Crippen molar-refractivity contribution in [3.05, 3.63) is 55.1 Å². The first-order valence-electron chi connectivity index (χ1n) is 14.5. The minimum Gasteiger partial charge on any atom is -0.460 e. The fraction of sp³-hybridized carbons (Fsp3) is 0.545. The SMILES string of the molecule is C=C[C@]1(C)C[C@@H](OC(=O)CNC(=O)Nc2cccc3ccccc23)[C@]2(C)[C@H](C)CC[C@]3(CCC(=O)[C@H]32)[C@@H](C)[C@@H]1O. The lowest BCUT2D eigenvalue weighted by molar-refractivity contribution is -0.206. The van der Waals surface area contributed by atoms with E-state index in [0.717, 1.165) is 30.0 Å². The Morgan fingerprint density at radius 3 is 2.60 bits per heavy atom. The second-order valence-electron chi connectivity index (χ2n) is 12.9. The number of urea groups is 1. The summed E-state index contributed by atoms with van der Waals surface area (Å²) in [4.78, 5) is 39.5. The number of ketones is 1. The summed E-state index contributed by atoms with van der Waals surface area (Å²) in [6.45, 7) is 12.0. The molecule has 40 heavy (non-hydrogen) atoms. The number of carbonyl (C=O) groups is 3. The highest BCUT2D eigenvalue weighted by Gasteiger charge is 2.68. The molecular formula is C33H42N2O5. The van der Waals surface area contributed by atoms with Gasteiger partial charge in [-0.15, -0.1) is 6.58 Å². The molecule has 2 amide bonds. The van der Waals surface area contributed by atoms with Crippen LogP contribution in [0, 0.1) is 34.0 Å². The van der Waals surface area contributed by atoms with E-state index in [-0.39, 0.29) is 35.5 Å². The average Bonchev–Trinajstić information content (AvgIpc) is 3.30. The lowest BCUT2D eigenvalue weighted by atomic mass is 9.44. The molecule has 214 valence electrons. The van der Waals surface area contributed by atoms with Gasteiger partial charge in [-0.25, -0.2) is 4.79 Å². The van der Waals surface area contributed by atoms with Gasteiger partial charge in [-0.05, 0) is 54.4 Å². The Bertz CT molecular complexity index is 1340. The largest absolute Gasteiger partial charge is 0.460 e. The summed E-state index contributed by atoms with van der Waals surface area (Å²) in [6.07, 6.45) is 3.83. The molecule has 2 bridgehead atoms. The number of amides is 2. The van der Waals surface area contributed by atoms with Crippen molar-refractivity contribution in [2.75, 3.05) is 11.9 Å². The van der Waals surface area contributed by atoms with Crippen LogP contribution in [0.3, 0.4) is 0 Å². The van der Waals surface area contributed by atoms with Crippen molar-refractivity contribution in [3.63, 3.8) is 0 Å². The van der Waals surface area contributed by atoms with Crippen LogP contribution < -0.4 is 10.6 Å². The van der Waals surface area contributed by atoms with Crippen LogP contribution in [0.15, 0.2) is 55.1 Å². The maximum absolute atomic E-state index is 13.5. The van der Waals surface area contributed by atoms with Gasteiger partial charge < -0.3 is 20.5 Å². The standard InChI is InChI=1S/C33H42N2O5/c1-6-31(4)18-26(32(5)20(2)14-16-33(21(3)29(31)38)17-15-25(36)28(32)33)40-27(37)19-34-30(39)35-24-13-9-11-22-10-7-8-12-23(22)24/h6-13,20-21,26,28-29,38H,1,14-19H2,2-5H3,(H2,34,35,39)/t20-,21+,26-,28+,29+,31-,32+,33+/m1/s1. The zero-order valence-electron chi connectivity index (χ0n) is 24.0. The molecule has 7 nitrogen and oxygen atoms in total. The number of benzene rings is 2. The van der Waals surface area contributed by atoms with E-state index < -0.39 is 35.0 Å². The highest BCUT2D eigenvalue weighted by atomic mass is 16.5. The monoisotopic (exact) mass is 546 g/mol. The molecule has 0 saturated heterocycles. The molecule has 2 aromatic rings. The molecule has 0 radical (unpaired) electrons. The van der Waals surface area contributed by atoms with Crippen molar-refractivity contribution >= 4 is 34.2 Å². The second-order valence-corrected chi connectivity index (χ2v) is 12.9. The molecule has 7 heteroatoms. The number of aliphatic hydroxyl groups is 1. The molecule has 0 unspecified atom stereocenters. The minimum atomic E-state index is -0.720. The predicted octanol–water partition coefficient (Wildman–Crippen LogP) is 5.87. The molecule has 3 N–H and O–H groups in total. The number of ether oxygens (including phenoxy) is 1. The number of esters is 1. The molecule has 3 fully saturated rings. The first kappa shape index (κ1) is 28.3. The van der Waals surface area contributed by atoms with E-state index in [9.17, 15) is 19.5 Å². The van der Waals surface area contributed by atoms with Gasteiger partial charge in [-0.3, -0.25) is 9.59 Å². The predicted molar refractivity (Wildman–Crippen MR) is 156 cm³/mol. The zero-order valence-corrected chi connectivity index (χ0v) is 24.0. The van der Waals surface area contributed by atoms with E-state index in [2.05, 4.69) is 38.0 Å². The summed E-state index contributed by atoms with van der Waals surface area (Å²) >= 11 is 0. The molecule has 0 spiro atoms. The van der Waals surface area contributed by atoms with Gasteiger partial charge in [0, 0.05) is 28.6 Å². The van der Waals surface area contributed by atoms with Crippen molar-refractivity contribution in [2.24, 2.45) is 34.0 Å². The first-order chi connectivity index (χ1) is 19.0. The lowest BCUT2D eigenvalue weighted by Crippen LogP contribution is -2.63. The highest BCUT2D eigenvalue weighted by molar-refractivity contribution is 6.02. The third kappa shape index (κ3) is 4.43. The van der Waals surface area contributed by atoms with E-state index in [4.69, 9.17) is 4.74 Å². The van der Waals surface area contributed by atoms with Gasteiger partial charge in [-0.1, -0.05) is 70.2 Å². The van der Waals surface area contributed by atoms with Gasteiger partial charge in [0.05, 0.1) is 11.8 Å². The summed E-state index contributed by atoms with van der Waals surface area (Å²) in [6, 6.07) is 12.9. The molecule has 3 aliphatic carbocycles. The van der Waals surface area contributed by atoms with Crippen LogP contribution in [0.1, 0.15) is 59.8 Å². The van der Waals surface area contributed by atoms with E-state index in [0.29, 0.717) is 18.5 Å². The topological polar surface area (TPSA) is 105 Å². The average molecular weight is 547 g/mol. The van der Waals surface area contributed by atoms with Gasteiger partial charge in [0.15, 0.2) is 0 Å². The number of hydrogen-bond donors (Lipinski definition) is 3. The van der Waals surface area contributed by atoms with Gasteiger partial charge in [-0.2, -0.15) is 0 Å². The lowest BCUT2D eigenvalue weighted by Gasteiger charge is -2.61. The Morgan fingerprint density at radius 2 is 1.85 bits per heavy atom. The third-order valence-electron chi connectivity index (χ3n) is 11.0. The smallest absolute Gasteiger partial charge is 0.325 e. The summed E-state index contributed by atoms with van der Waals surface area (Å²) in [5.74, 6) is -0.589. The van der Waals surface area contributed by atoms with Crippen molar-refractivity contribution in [1.29, 1.82) is 0 Å². The number of anilines is 1. The fourth-order valence-electron chi connectivity index (χ4n) is 8.36. The molecule has 3 aliphatic rings. The van der Waals surface area contributed by atoms with Crippen LogP contribution in [0.5, 0.6) is 0 Å². The van der Waals surface area contributed by atoms with Gasteiger partial charge in [0.2, 0.25) is 0 Å². The highest BCUT2D eigenvalue weighted by Crippen LogP contribution is 2.68. The number of nitrogens with one attached hydrogen (secondary N) is 2. The summed E-state index contributed by atoms with van der Waals surface area (Å²) in [5, 5.41) is 19.0. The number of aliphatic hydroxyl groups excluding tert-OH is 1. The van der Waals surface area contributed by atoms with Crippen molar-refractivity contribution in [3.8, 4) is 0 Å². The maximum atomic E-state index is 13.5. The van der Waals surface area contributed by atoms with E-state index in [1.165, 1.54) is 0 Å². The Labute approximate surface area is 236 Å². The molecular weight excluding hydrogens is 504 g/mol. The number of rotatable bonds is 5. The first-order valence-corrected chi connectivity index (χ1v) is 14.5. The van der Waals surface area contributed by atoms with Crippen LogP contribution in [0.4, 0.5) is 10.5 Å². The molecule has 8 atom stereocenters. The Hall–Kier alpha value is -3.19. The van der Waals surface area contributed by atoms with Crippen LogP contribution in [-0.4, -0.2) is 41.6 Å².